The van der Waals surface area contributed by atoms with E-state index in [1.54, 1.807) is 12.1 Å². The number of hydrogen-bond donors (Lipinski definition) is 0. The van der Waals surface area contributed by atoms with Crippen molar-refractivity contribution >= 4 is 12.0 Å². The first-order chi connectivity index (χ1) is 10.3. The molecule has 0 aromatic heterocycles. The third kappa shape index (κ3) is 3.78. The molecule has 1 atom stereocenters. The normalized spacial score (nSPS) is 17.8. The Bertz CT molecular complexity index is 647. The molecule has 0 bridgehead atoms. The largest absolute Gasteiger partial charge is 0.476 e. The molecule has 0 saturated carbocycles. The van der Waals surface area contributed by atoms with E-state index in [-0.39, 0.29) is 11.9 Å². The lowest BCUT2D eigenvalue weighted by Crippen LogP contribution is -2.09. The van der Waals surface area contributed by atoms with Gasteiger partial charge in [-0.15, -0.1) is 0 Å². The van der Waals surface area contributed by atoms with Gasteiger partial charge < -0.3 is 4.74 Å². The lowest BCUT2D eigenvalue weighted by molar-refractivity contribution is 0.318. The molecule has 1 heterocycles. The van der Waals surface area contributed by atoms with Crippen molar-refractivity contribution in [2.75, 3.05) is 6.61 Å². The maximum absolute atomic E-state index is 12.8. The Morgan fingerprint density at radius 1 is 1.05 bits per heavy atom. The van der Waals surface area contributed by atoms with Crippen molar-refractivity contribution in [2.24, 2.45) is 4.99 Å². The number of benzene rings is 2. The molecule has 2 aromatic rings. The molecule has 0 fully saturated rings. The molecule has 2 nitrogen and oxygen atoms in total. The van der Waals surface area contributed by atoms with Gasteiger partial charge in [0.15, 0.2) is 0 Å². The van der Waals surface area contributed by atoms with Crippen molar-refractivity contribution < 1.29 is 9.13 Å². The average Bonchev–Trinajstić information content (AvgIpc) is 2.95. The van der Waals surface area contributed by atoms with Gasteiger partial charge in [0.1, 0.15) is 12.4 Å². The summed E-state index contributed by atoms with van der Waals surface area (Å²) in [4.78, 5) is 4.55. The van der Waals surface area contributed by atoms with Crippen LogP contribution < -0.4 is 0 Å². The van der Waals surface area contributed by atoms with Gasteiger partial charge in [0.2, 0.25) is 5.90 Å². The summed E-state index contributed by atoms with van der Waals surface area (Å²) in [7, 11) is 0. The van der Waals surface area contributed by atoms with Crippen LogP contribution in [0, 0.1) is 5.82 Å². The Morgan fingerprint density at radius 3 is 2.57 bits per heavy atom. The molecule has 0 unspecified atom stereocenters. The molecule has 21 heavy (non-hydrogen) atoms. The van der Waals surface area contributed by atoms with Crippen molar-refractivity contribution in [2.45, 2.75) is 12.5 Å². The van der Waals surface area contributed by atoms with Gasteiger partial charge in [-0.1, -0.05) is 42.5 Å². The maximum Gasteiger partial charge on any atom is 0.209 e. The molecule has 0 N–H and O–H groups in total. The molecule has 2 aromatic carbocycles. The second kappa shape index (κ2) is 6.35. The molecule has 3 heteroatoms. The quantitative estimate of drug-likeness (QED) is 0.833. The highest BCUT2D eigenvalue weighted by Crippen LogP contribution is 2.13. The number of ether oxygens (including phenoxy) is 1. The van der Waals surface area contributed by atoms with Crippen molar-refractivity contribution in [3.8, 4) is 0 Å². The van der Waals surface area contributed by atoms with Crippen LogP contribution in [0.4, 0.5) is 4.39 Å². The molecule has 106 valence electrons. The van der Waals surface area contributed by atoms with Crippen LogP contribution in [0.2, 0.25) is 0 Å². The van der Waals surface area contributed by atoms with Gasteiger partial charge in [-0.3, -0.25) is 0 Å². The fourth-order valence-electron chi connectivity index (χ4n) is 2.26. The number of rotatable bonds is 4. The van der Waals surface area contributed by atoms with Gasteiger partial charge in [0.25, 0.3) is 0 Å². The van der Waals surface area contributed by atoms with E-state index in [2.05, 4.69) is 17.1 Å². The smallest absolute Gasteiger partial charge is 0.209 e. The summed E-state index contributed by atoms with van der Waals surface area (Å²) < 4.78 is 18.4. The molecule has 0 radical (unpaired) electrons. The van der Waals surface area contributed by atoms with Crippen molar-refractivity contribution in [3.63, 3.8) is 0 Å². The van der Waals surface area contributed by atoms with Crippen LogP contribution in [-0.2, 0) is 11.2 Å². The zero-order valence-electron chi connectivity index (χ0n) is 11.6. The van der Waals surface area contributed by atoms with Gasteiger partial charge in [-0.05, 0) is 35.8 Å². The lowest BCUT2D eigenvalue weighted by atomic mass is 10.1. The monoisotopic (exact) mass is 281 g/mol. The summed E-state index contributed by atoms with van der Waals surface area (Å²) in [6.45, 7) is 0.609. The minimum absolute atomic E-state index is 0.167. The highest BCUT2D eigenvalue weighted by Gasteiger charge is 2.17. The number of hydrogen-bond acceptors (Lipinski definition) is 2. The zero-order chi connectivity index (χ0) is 14.5. The fourth-order valence-corrected chi connectivity index (χ4v) is 2.26. The van der Waals surface area contributed by atoms with E-state index in [0.29, 0.717) is 12.5 Å². The van der Waals surface area contributed by atoms with Gasteiger partial charge >= 0.3 is 0 Å². The summed E-state index contributed by atoms with van der Waals surface area (Å²) in [5, 5.41) is 0. The predicted molar refractivity (Wildman–Crippen MR) is 82.8 cm³/mol. The molecule has 3 rings (SSSR count). The topological polar surface area (TPSA) is 21.6 Å². The van der Waals surface area contributed by atoms with Crippen LogP contribution in [0.15, 0.2) is 65.7 Å². The summed E-state index contributed by atoms with van der Waals surface area (Å²) in [6.07, 6.45) is 4.59. The van der Waals surface area contributed by atoms with Gasteiger partial charge in [-0.2, -0.15) is 0 Å². The van der Waals surface area contributed by atoms with E-state index in [0.717, 1.165) is 12.0 Å². The SMILES string of the molecule is Fc1ccc(/C=C/C2=N[C@@H](Cc3ccccc3)CO2)cc1. The molecule has 1 aliphatic heterocycles. The third-order valence-electron chi connectivity index (χ3n) is 3.34. The van der Waals surface area contributed by atoms with Crippen LogP contribution >= 0.6 is 0 Å². The Morgan fingerprint density at radius 2 is 1.81 bits per heavy atom. The maximum atomic E-state index is 12.8. The average molecular weight is 281 g/mol. The van der Waals surface area contributed by atoms with E-state index in [9.17, 15) is 4.39 Å². The fraction of sp³-hybridized carbons (Fsp3) is 0.167. The third-order valence-corrected chi connectivity index (χ3v) is 3.34. The molecule has 0 amide bonds. The summed E-state index contributed by atoms with van der Waals surface area (Å²) in [5.74, 6) is 0.407. The Labute approximate surface area is 123 Å². The van der Waals surface area contributed by atoms with E-state index >= 15 is 0 Å². The van der Waals surface area contributed by atoms with Crippen LogP contribution in [0.1, 0.15) is 11.1 Å². The molecule has 1 aliphatic rings. The Hall–Kier alpha value is -2.42. The van der Waals surface area contributed by atoms with Crippen molar-refractivity contribution in [1.29, 1.82) is 0 Å². The first-order valence-corrected chi connectivity index (χ1v) is 6.98. The van der Waals surface area contributed by atoms with Crippen LogP contribution in [0.3, 0.4) is 0 Å². The molecule has 0 saturated heterocycles. The minimum atomic E-state index is -0.232. The van der Waals surface area contributed by atoms with Crippen molar-refractivity contribution in [3.05, 3.63) is 77.6 Å². The van der Waals surface area contributed by atoms with Crippen LogP contribution in [0.25, 0.3) is 6.08 Å². The highest BCUT2D eigenvalue weighted by atomic mass is 19.1. The Kier molecular flexibility index (Phi) is 4.10. The standard InChI is InChI=1S/C18H16FNO/c19-16-9-6-14(7-10-16)8-11-18-20-17(13-21-18)12-15-4-2-1-3-5-15/h1-11,17H,12-13H2/b11-8+/t17-/m0/s1. The molecule has 0 aliphatic carbocycles. The predicted octanol–water partition coefficient (Wildman–Crippen LogP) is 3.88. The Balaban J connectivity index is 1.62. The van der Waals surface area contributed by atoms with Crippen LogP contribution in [-0.4, -0.2) is 18.5 Å². The number of aliphatic imine (C=N–C) groups is 1. The number of halogens is 1. The van der Waals surface area contributed by atoms with Gasteiger partial charge in [0.05, 0.1) is 6.04 Å². The second-order valence-electron chi connectivity index (χ2n) is 5.01. The van der Waals surface area contributed by atoms with E-state index < -0.39 is 0 Å². The van der Waals surface area contributed by atoms with Crippen LogP contribution in [0.5, 0.6) is 0 Å². The molecular weight excluding hydrogens is 265 g/mol. The first-order valence-electron chi connectivity index (χ1n) is 6.98. The lowest BCUT2D eigenvalue weighted by Gasteiger charge is -2.03. The van der Waals surface area contributed by atoms with Crippen molar-refractivity contribution in [1.82, 2.24) is 0 Å². The first kappa shape index (κ1) is 13.6. The zero-order valence-corrected chi connectivity index (χ0v) is 11.6. The van der Waals surface area contributed by atoms with E-state index in [4.69, 9.17) is 4.74 Å². The van der Waals surface area contributed by atoms with Gasteiger partial charge in [-0.25, -0.2) is 9.38 Å². The highest BCUT2D eigenvalue weighted by molar-refractivity contribution is 5.92. The van der Waals surface area contributed by atoms with E-state index in [1.165, 1.54) is 17.7 Å². The second-order valence-corrected chi connectivity index (χ2v) is 5.01. The summed E-state index contributed by atoms with van der Waals surface area (Å²) in [5.41, 5.74) is 2.19. The minimum Gasteiger partial charge on any atom is -0.476 e. The summed E-state index contributed by atoms with van der Waals surface area (Å²) in [6, 6.07) is 16.8. The molecule has 0 spiro atoms. The van der Waals surface area contributed by atoms with E-state index in [1.807, 2.05) is 30.4 Å². The summed E-state index contributed by atoms with van der Waals surface area (Å²) >= 11 is 0. The number of nitrogens with zero attached hydrogens (tertiary/aromatic N) is 1. The van der Waals surface area contributed by atoms with Gasteiger partial charge in [0, 0.05) is 6.08 Å². The molecular formula is C18H16FNO.